The summed E-state index contributed by atoms with van der Waals surface area (Å²) in [6.07, 6.45) is -9.41. The lowest BCUT2D eigenvalue weighted by molar-refractivity contribution is -0.175. The third kappa shape index (κ3) is 6.74. The summed E-state index contributed by atoms with van der Waals surface area (Å²) in [5.74, 6) is -3.84. The summed E-state index contributed by atoms with van der Waals surface area (Å²) in [4.78, 5) is 38.6. The Hall–Kier alpha value is -3.57. The second-order valence-electron chi connectivity index (χ2n) is 7.97. The van der Waals surface area contributed by atoms with Gasteiger partial charge in [-0.2, -0.15) is 26.3 Å². The SMILES string of the molecule is O=C(Nc1ccc(C(F)(F)F)cc1)[C@H]1CCCN1C(=O)[C@H](Cc1ccccc1)NC(=O)C(F)(F)F. The largest absolute Gasteiger partial charge is 0.471 e. The molecular formula is C23H21F6N3O3. The summed E-state index contributed by atoms with van der Waals surface area (Å²) in [7, 11) is 0. The van der Waals surface area contributed by atoms with E-state index in [2.05, 4.69) is 5.32 Å². The fourth-order valence-electron chi connectivity index (χ4n) is 3.76. The molecule has 1 saturated heterocycles. The molecule has 1 heterocycles. The van der Waals surface area contributed by atoms with Crippen LogP contribution in [0.25, 0.3) is 0 Å². The van der Waals surface area contributed by atoms with Gasteiger partial charge in [-0.05, 0) is 42.7 Å². The Bertz CT molecular complexity index is 1050. The lowest BCUT2D eigenvalue weighted by Gasteiger charge is -2.29. The first kappa shape index (κ1) is 26.0. The molecule has 1 aliphatic rings. The topological polar surface area (TPSA) is 78.5 Å². The molecule has 2 atom stereocenters. The normalized spacial score (nSPS) is 17.1. The van der Waals surface area contributed by atoms with Gasteiger partial charge in [0.05, 0.1) is 5.56 Å². The van der Waals surface area contributed by atoms with E-state index in [1.807, 2.05) is 0 Å². The number of likely N-dealkylation sites (tertiary alicyclic amines) is 1. The van der Waals surface area contributed by atoms with Crippen molar-refractivity contribution < 1.29 is 40.7 Å². The summed E-state index contributed by atoms with van der Waals surface area (Å²) < 4.78 is 76.8. The third-order valence-electron chi connectivity index (χ3n) is 5.46. The Labute approximate surface area is 196 Å². The third-order valence-corrected chi connectivity index (χ3v) is 5.46. The van der Waals surface area contributed by atoms with E-state index < -0.39 is 47.7 Å². The van der Waals surface area contributed by atoms with Crippen LogP contribution >= 0.6 is 0 Å². The maximum absolute atomic E-state index is 13.2. The zero-order chi connectivity index (χ0) is 25.8. The number of rotatable bonds is 6. The number of nitrogens with zero attached hydrogens (tertiary/aromatic N) is 1. The maximum atomic E-state index is 13.2. The number of benzene rings is 2. The summed E-state index contributed by atoms with van der Waals surface area (Å²) in [6.45, 7) is 0.0666. The number of nitrogens with one attached hydrogen (secondary N) is 2. The lowest BCUT2D eigenvalue weighted by atomic mass is 10.0. The van der Waals surface area contributed by atoms with Crippen LogP contribution in [0.3, 0.4) is 0 Å². The Kier molecular flexibility index (Phi) is 7.71. The number of amides is 3. The zero-order valence-corrected chi connectivity index (χ0v) is 18.1. The predicted octanol–water partition coefficient (Wildman–Crippen LogP) is 3.92. The van der Waals surface area contributed by atoms with Crippen molar-refractivity contribution in [2.45, 2.75) is 43.7 Å². The fourth-order valence-corrected chi connectivity index (χ4v) is 3.76. The van der Waals surface area contributed by atoms with E-state index >= 15 is 0 Å². The van der Waals surface area contributed by atoms with Crippen LogP contribution in [0, 0.1) is 0 Å². The molecule has 0 bridgehead atoms. The summed E-state index contributed by atoms with van der Waals surface area (Å²) in [5, 5.41) is 4.15. The average molecular weight is 501 g/mol. The monoisotopic (exact) mass is 501 g/mol. The van der Waals surface area contributed by atoms with E-state index in [-0.39, 0.29) is 25.1 Å². The van der Waals surface area contributed by atoms with Gasteiger partial charge >= 0.3 is 18.3 Å². The molecule has 3 amide bonds. The molecule has 2 aromatic carbocycles. The number of alkyl halides is 6. The van der Waals surface area contributed by atoms with Crippen molar-refractivity contribution in [1.29, 1.82) is 0 Å². The highest BCUT2D eigenvalue weighted by Gasteiger charge is 2.43. The molecule has 0 unspecified atom stereocenters. The van der Waals surface area contributed by atoms with E-state index in [1.54, 1.807) is 35.6 Å². The van der Waals surface area contributed by atoms with Crippen molar-refractivity contribution >= 4 is 23.4 Å². The van der Waals surface area contributed by atoms with Gasteiger partial charge in [0.2, 0.25) is 11.8 Å². The highest BCUT2D eigenvalue weighted by atomic mass is 19.4. The van der Waals surface area contributed by atoms with E-state index in [9.17, 15) is 40.7 Å². The predicted molar refractivity (Wildman–Crippen MR) is 113 cm³/mol. The minimum absolute atomic E-state index is 0.0634. The summed E-state index contributed by atoms with van der Waals surface area (Å²) >= 11 is 0. The van der Waals surface area contributed by atoms with Crippen LogP contribution in [0.15, 0.2) is 54.6 Å². The maximum Gasteiger partial charge on any atom is 0.471 e. The number of anilines is 1. The van der Waals surface area contributed by atoms with Gasteiger partial charge in [0.1, 0.15) is 12.1 Å². The van der Waals surface area contributed by atoms with Gasteiger partial charge in [-0.25, -0.2) is 0 Å². The highest BCUT2D eigenvalue weighted by Crippen LogP contribution is 2.30. The van der Waals surface area contributed by atoms with Crippen LogP contribution in [-0.2, 0) is 27.0 Å². The van der Waals surface area contributed by atoms with Crippen LogP contribution in [0.4, 0.5) is 32.0 Å². The van der Waals surface area contributed by atoms with Gasteiger partial charge in [-0.1, -0.05) is 30.3 Å². The molecule has 2 N–H and O–H groups in total. The van der Waals surface area contributed by atoms with Gasteiger partial charge in [0.15, 0.2) is 0 Å². The van der Waals surface area contributed by atoms with Gasteiger partial charge < -0.3 is 15.5 Å². The second kappa shape index (κ2) is 10.4. The quantitative estimate of drug-likeness (QED) is 0.589. The number of carbonyl (C=O) groups is 3. The first-order chi connectivity index (χ1) is 16.4. The van der Waals surface area contributed by atoms with Gasteiger partial charge in [-0.15, -0.1) is 0 Å². The lowest BCUT2D eigenvalue weighted by Crippen LogP contribution is -2.55. The van der Waals surface area contributed by atoms with Crippen molar-refractivity contribution in [2.75, 3.05) is 11.9 Å². The zero-order valence-electron chi connectivity index (χ0n) is 18.1. The number of carbonyl (C=O) groups excluding carboxylic acids is 3. The number of hydrogen-bond acceptors (Lipinski definition) is 3. The second-order valence-corrected chi connectivity index (χ2v) is 7.97. The number of hydrogen-bond donors (Lipinski definition) is 2. The Morgan fingerprint density at radius 2 is 1.57 bits per heavy atom. The molecule has 0 aliphatic carbocycles. The Morgan fingerprint density at radius 3 is 2.14 bits per heavy atom. The molecule has 3 rings (SSSR count). The molecule has 0 spiro atoms. The van der Waals surface area contributed by atoms with E-state index in [0.29, 0.717) is 12.0 Å². The van der Waals surface area contributed by atoms with Crippen LogP contribution < -0.4 is 10.6 Å². The first-order valence-electron chi connectivity index (χ1n) is 10.6. The molecule has 188 valence electrons. The van der Waals surface area contributed by atoms with Gasteiger partial charge in [0, 0.05) is 18.7 Å². The molecule has 6 nitrogen and oxygen atoms in total. The molecule has 0 radical (unpaired) electrons. The summed E-state index contributed by atoms with van der Waals surface area (Å²) in [6, 6.07) is 9.14. The van der Waals surface area contributed by atoms with Crippen molar-refractivity contribution in [3.05, 3.63) is 65.7 Å². The molecule has 35 heavy (non-hydrogen) atoms. The van der Waals surface area contributed by atoms with Crippen molar-refractivity contribution in [2.24, 2.45) is 0 Å². The number of halogens is 6. The van der Waals surface area contributed by atoms with Crippen molar-refractivity contribution in [3.8, 4) is 0 Å². The fraction of sp³-hybridized carbons (Fsp3) is 0.348. The molecule has 2 aromatic rings. The van der Waals surface area contributed by atoms with Crippen LogP contribution in [-0.4, -0.2) is 47.4 Å². The molecular weight excluding hydrogens is 480 g/mol. The smallest absolute Gasteiger partial charge is 0.336 e. The van der Waals surface area contributed by atoms with Crippen LogP contribution in [0.2, 0.25) is 0 Å². The Balaban J connectivity index is 1.76. The standard InChI is InChI=1S/C23H21F6N3O3/c24-22(25,26)15-8-10-16(11-9-15)30-19(33)18-7-4-12-32(18)20(34)17(31-21(35)23(27,28)29)13-14-5-2-1-3-6-14/h1-3,5-6,8-11,17-18H,4,7,12-13H2,(H,30,33)(H,31,35)/t17-,18+/m0/s1. The minimum Gasteiger partial charge on any atom is -0.336 e. The van der Waals surface area contributed by atoms with Crippen LogP contribution in [0.1, 0.15) is 24.0 Å². The van der Waals surface area contributed by atoms with Crippen molar-refractivity contribution in [3.63, 3.8) is 0 Å². The molecule has 1 fully saturated rings. The summed E-state index contributed by atoms with van der Waals surface area (Å²) in [5.41, 5.74) is -0.343. The van der Waals surface area contributed by atoms with Crippen LogP contribution in [0.5, 0.6) is 0 Å². The van der Waals surface area contributed by atoms with Crippen molar-refractivity contribution in [1.82, 2.24) is 10.2 Å². The molecule has 0 aromatic heterocycles. The Morgan fingerprint density at radius 1 is 0.943 bits per heavy atom. The van der Waals surface area contributed by atoms with Gasteiger partial charge in [-0.3, -0.25) is 14.4 Å². The molecule has 0 saturated carbocycles. The highest BCUT2D eigenvalue weighted by molar-refractivity contribution is 5.99. The van der Waals surface area contributed by atoms with Gasteiger partial charge in [0.25, 0.3) is 0 Å². The van der Waals surface area contributed by atoms with E-state index in [1.165, 1.54) is 0 Å². The van der Waals surface area contributed by atoms with E-state index in [4.69, 9.17) is 0 Å². The van der Waals surface area contributed by atoms with E-state index in [0.717, 1.165) is 29.2 Å². The average Bonchev–Trinajstić information content (AvgIpc) is 3.28. The molecule has 1 aliphatic heterocycles. The minimum atomic E-state index is -5.21. The molecule has 12 heteroatoms. The first-order valence-corrected chi connectivity index (χ1v) is 10.6.